The van der Waals surface area contributed by atoms with Gasteiger partial charge in [-0.3, -0.25) is 4.79 Å². The van der Waals surface area contributed by atoms with Crippen LogP contribution in [0.2, 0.25) is 5.02 Å². The van der Waals surface area contributed by atoms with Gasteiger partial charge < -0.3 is 11.1 Å². The number of nitrogens with two attached hydrogens (primary N) is 1. The molecule has 1 aromatic rings. The molecule has 0 saturated heterocycles. The van der Waals surface area contributed by atoms with Gasteiger partial charge in [0, 0.05) is 23.5 Å². The summed E-state index contributed by atoms with van der Waals surface area (Å²) in [4.78, 5) is 11.6. The molecule has 0 aliphatic rings. The van der Waals surface area contributed by atoms with Crippen molar-refractivity contribution in [2.75, 3.05) is 12.3 Å². The van der Waals surface area contributed by atoms with Gasteiger partial charge in [0.15, 0.2) is 0 Å². The second-order valence-electron chi connectivity index (χ2n) is 5.63. The van der Waals surface area contributed by atoms with Gasteiger partial charge in [-0.2, -0.15) is 0 Å². The first-order valence-electron chi connectivity index (χ1n) is 6.37. The molecule has 0 heterocycles. The first kappa shape index (κ1) is 17.7. The van der Waals surface area contributed by atoms with Gasteiger partial charge in [0.05, 0.1) is 5.69 Å². The summed E-state index contributed by atoms with van der Waals surface area (Å²) in [5.41, 5.74) is 5.35. The van der Waals surface area contributed by atoms with Crippen LogP contribution in [0.25, 0.3) is 0 Å². The molecular weight excluding hydrogens is 314 g/mol. The van der Waals surface area contributed by atoms with Gasteiger partial charge >= 0.3 is 0 Å². The second-order valence-corrected chi connectivity index (χ2v) is 7.80. The minimum atomic E-state index is -3.76. The van der Waals surface area contributed by atoms with Gasteiger partial charge in [0.25, 0.3) is 0 Å². The highest BCUT2D eigenvalue weighted by atomic mass is 35.5. The van der Waals surface area contributed by atoms with Crippen LogP contribution in [0, 0.1) is 0 Å². The molecule has 0 radical (unpaired) electrons. The Hall–Kier alpha value is -1.31. The van der Waals surface area contributed by atoms with E-state index in [0.29, 0.717) is 5.02 Å². The van der Waals surface area contributed by atoms with Crippen LogP contribution >= 0.6 is 11.6 Å². The van der Waals surface area contributed by atoms with Crippen molar-refractivity contribution in [3.05, 3.63) is 23.2 Å². The van der Waals surface area contributed by atoms with Crippen molar-refractivity contribution < 1.29 is 13.2 Å². The van der Waals surface area contributed by atoms with Crippen LogP contribution < -0.4 is 15.8 Å². The number of hydrogen-bond acceptors (Lipinski definition) is 4. The number of carbonyl (C=O) groups excluding carboxylic acids is 1. The molecule has 0 aliphatic heterocycles. The lowest BCUT2D eigenvalue weighted by Crippen LogP contribution is -2.42. The van der Waals surface area contributed by atoms with Crippen molar-refractivity contribution in [2.45, 2.75) is 37.6 Å². The standard InChI is InChI=1S/C13H20ClN3O3S/c1-13(2,3)17-12(18)6-7-16-21(19,20)11-5-4-9(14)8-10(11)15/h4-5,8,16H,6-7,15H2,1-3H3,(H,17,18). The van der Waals surface area contributed by atoms with E-state index in [1.165, 1.54) is 18.2 Å². The Kier molecular flexibility index (Phi) is 5.61. The summed E-state index contributed by atoms with van der Waals surface area (Å²) in [6.45, 7) is 5.54. The van der Waals surface area contributed by atoms with Gasteiger partial charge in [0.2, 0.25) is 15.9 Å². The molecule has 0 aromatic heterocycles. The minimum absolute atomic E-state index is 0.00763. The Labute approximate surface area is 130 Å². The van der Waals surface area contributed by atoms with E-state index in [-0.39, 0.29) is 35.0 Å². The first-order chi connectivity index (χ1) is 9.51. The number of carbonyl (C=O) groups is 1. The number of benzene rings is 1. The summed E-state index contributed by atoms with van der Waals surface area (Å²) in [6.07, 6.45) is 0.0456. The molecule has 0 saturated carbocycles. The maximum absolute atomic E-state index is 12.1. The fourth-order valence-corrected chi connectivity index (χ4v) is 2.94. The highest BCUT2D eigenvalue weighted by Crippen LogP contribution is 2.22. The zero-order chi connectivity index (χ0) is 16.3. The molecule has 0 bridgehead atoms. The molecule has 6 nitrogen and oxygen atoms in total. The molecule has 8 heteroatoms. The quantitative estimate of drug-likeness (QED) is 0.711. The smallest absolute Gasteiger partial charge is 0.242 e. The Balaban J connectivity index is 2.64. The van der Waals surface area contributed by atoms with Crippen molar-refractivity contribution in [3.63, 3.8) is 0 Å². The average Bonchev–Trinajstić information content (AvgIpc) is 2.25. The van der Waals surface area contributed by atoms with Crippen LogP contribution in [-0.2, 0) is 14.8 Å². The molecule has 0 unspecified atom stereocenters. The predicted molar refractivity (Wildman–Crippen MR) is 83.6 cm³/mol. The Bertz CT molecular complexity index is 624. The van der Waals surface area contributed by atoms with E-state index in [1.54, 1.807) is 0 Å². The van der Waals surface area contributed by atoms with Crippen molar-refractivity contribution in [2.24, 2.45) is 0 Å². The molecule has 1 rings (SSSR count). The summed E-state index contributed by atoms with van der Waals surface area (Å²) in [5, 5.41) is 3.11. The number of halogens is 1. The number of nitrogen functional groups attached to an aromatic ring is 1. The molecule has 0 aliphatic carbocycles. The number of rotatable bonds is 5. The van der Waals surface area contributed by atoms with Crippen molar-refractivity contribution >= 4 is 33.2 Å². The third-order valence-electron chi connectivity index (χ3n) is 2.42. The molecule has 0 fully saturated rings. The van der Waals surface area contributed by atoms with Gasteiger partial charge in [-0.1, -0.05) is 11.6 Å². The van der Waals surface area contributed by atoms with Crippen LogP contribution in [0.1, 0.15) is 27.2 Å². The summed E-state index contributed by atoms with van der Waals surface area (Å²) in [7, 11) is -3.76. The summed E-state index contributed by atoms with van der Waals surface area (Å²) >= 11 is 5.73. The fraction of sp³-hybridized carbons (Fsp3) is 0.462. The van der Waals surface area contributed by atoms with Gasteiger partial charge in [-0.25, -0.2) is 13.1 Å². The van der Waals surface area contributed by atoms with Gasteiger partial charge in [0.1, 0.15) is 4.90 Å². The van der Waals surface area contributed by atoms with Gasteiger partial charge in [-0.15, -0.1) is 0 Å². The molecule has 21 heavy (non-hydrogen) atoms. The van der Waals surface area contributed by atoms with E-state index >= 15 is 0 Å². The maximum Gasteiger partial charge on any atom is 0.242 e. The lowest BCUT2D eigenvalue weighted by molar-refractivity contribution is -0.122. The highest BCUT2D eigenvalue weighted by molar-refractivity contribution is 7.89. The third-order valence-corrected chi connectivity index (χ3v) is 4.19. The van der Waals surface area contributed by atoms with Crippen molar-refractivity contribution in [3.8, 4) is 0 Å². The van der Waals surface area contributed by atoms with Crippen LogP contribution in [0.3, 0.4) is 0 Å². The zero-order valence-electron chi connectivity index (χ0n) is 12.2. The van der Waals surface area contributed by atoms with Gasteiger partial charge in [-0.05, 0) is 39.0 Å². The highest BCUT2D eigenvalue weighted by Gasteiger charge is 2.18. The van der Waals surface area contributed by atoms with E-state index < -0.39 is 10.0 Å². The summed E-state index contributed by atoms with van der Waals surface area (Å²) in [6, 6.07) is 4.14. The summed E-state index contributed by atoms with van der Waals surface area (Å²) < 4.78 is 26.5. The number of sulfonamides is 1. The topological polar surface area (TPSA) is 101 Å². The Morgan fingerprint density at radius 1 is 1.33 bits per heavy atom. The van der Waals surface area contributed by atoms with Crippen molar-refractivity contribution in [1.82, 2.24) is 10.0 Å². The monoisotopic (exact) mass is 333 g/mol. The van der Waals surface area contributed by atoms with E-state index in [0.717, 1.165) is 0 Å². The van der Waals surface area contributed by atoms with E-state index in [1.807, 2.05) is 20.8 Å². The normalized spacial score (nSPS) is 12.2. The first-order valence-corrected chi connectivity index (χ1v) is 8.23. The number of hydrogen-bond donors (Lipinski definition) is 3. The van der Waals surface area contributed by atoms with E-state index in [9.17, 15) is 13.2 Å². The van der Waals surface area contributed by atoms with E-state index in [4.69, 9.17) is 17.3 Å². The third kappa shape index (κ3) is 5.91. The zero-order valence-corrected chi connectivity index (χ0v) is 13.8. The maximum atomic E-state index is 12.1. The molecule has 0 atom stereocenters. The molecule has 4 N–H and O–H groups in total. The Morgan fingerprint density at radius 3 is 2.48 bits per heavy atom. The van der Waals surface area contributed by atoms with Crippen LogP contribution in [-0.4, -0.2) is 26.4 Å². The number of amides is 1. The largest absolute Gasteiger partial charge is 0.398 e. The molecule has 1 aromatic carbocycles. The van der Waals surface area contributed by atoms with E-state index in [2.05, 4.69) is 10.0 Å². The van der Waals surface area contributed by atoms with Crippen molar-refractivity contribution in [1.29, 1.82) is 0 Å². The summed E-state index contributed by atoms with van der Waals surface area (Å²) in [5.74, 6) is -0.228. The number of anilines is 1. The Morgan fingerprint density at radius 2 is 1.95 bits per heavy atom. The minimum Gasteiger partial charge on any atom is -0.398 e. The molecular formula is C13H20ClN3O3S. The number of nitrogens with one attached hydrogen (secondary N) is 2. The predicted octanol–water partition coefficient (Wildman–Crippen LogP) is 1.51. The SMILES string of the molecule is CC(C)(C)NC(=O)CCNS(=O)(=O)c1ccc(Cl)cc1N. The molecule has 118 valence electrons. The second kappa shape index (κ2) is 6.64. The fourth-order valence-electron chi connectivity index (χ4n) is 1.62. The van der Waals surface area contributed by atoms with Crippen LogP contribution in [0.4, 0.5) is 5.69 Å². The molecule has 0 spiro atoms. The lowest BCUT2D eigenvalue weighted by Gasteiger charge is -2.20. The average molecular weight is 334 g/mol. The molecule has 1 amide bonds. The van der Waals surface area contributed by atoms with Crippen LogP contribution in [0.5, 0.6) is 0 Å². The lowest BCUT2D eigenvalue weighted by atomic mass is 10.1. The van der Waals surface area contributed by atoms with Crippen LogP contribution in [0.15, 0.2) is 23.1 Å².